The van der Waals surface area contributed by atoms with E-state index in [1.54, 1.807) is 37.3 Å². The van der Waals surface area contributed by atoms with Crippen molar-refractivity contribution < 1.29 is 22.8 Å². The van der Waals surface area contributed by atoms with Gasteiger partial charge in [-0.2, -0.15) is 0 Å². The third-order valence-electron chi connectivity index (χ3n) is 5.65. The van der Waals surface area contributed by atoms with Crippen molar-refractivity contribution in [2.75, 3.05) is 13.6 Å². The molecule has 3 rings (SSSR count). The lowest BCUT2D eigenvalue weighted by Crippen LogP contribution is -2.48. The molecule has 0 fully saturated rings. The maximum atomic E-state index is 13.2. The van der Waals surface area contributed by atoms with Crippen LogP contribution in [0.25, 0.3) is 0 Å². The molecule has 3 amide bonds. The summed E-state index contributed by atoms with van der Waals surface area (Å²) in [5, 5.41) is 3.38. The van der Waals surface area contributed by atoms with Crippen molar-refractivity contribution in [3.63, 3.8) is 0 Å². The number of halogens is 2. The summed E-state index contributed by atoms with van der Waals surface area (Å²) in [7, 11) is -2.46. The number of nitrogens with one attached hydrogen (secondary N) is 1. The Morgan fingerprint density at radius 2 is 1.85 bits per heavy atom. The first-order valence-corrected chi connectivity index (χ1v) is 12.9. The molecule has 0 bridgehead atoms. The summed E-state index contributed by atoms with van der Waals surface area (Å²) >= 11 is 12.3. The van der Waals surface area contributed by atoms with Crippen LogP contribution >= 0.6 is 23.2 Å². The van der Waals surface area contributed by atoms with Gasteiger partial charge >= 0.3 is 0 Å². The molecule has 2 aromatic carbocycles. The third kappa shape index (κ3) is 5.21. The number of fused-ring (bicyclic) bond motifs is 1. The molecule has 1 heterocycles. The number of rotatable bonds is 9. The van der Waals surface area contributed by atoms with E-state index in [0.717, 1.165) is 4.31 Å². The Morgan fingerprint density at radius 3 is 2.47 bits per heavy atom. The summed E-state index contributed by atoms with van der Waals surface area (Å²) in [6.45, 7) is 1.72. The standard InChI is InChI=1S/C23H25Cl2N3O5S/c1-3-19(22(30)26-2)27(14-15-10-11-16(24)13-18(15)25)21(29)9-6-12-28-23(31)17-7-4-5-8-20(17)34(28,32)33/h4-5,7-8,10-11,13,19H,3,6,9,12,14H2,1-2H3,(H,26,30)/t19-/m1/s1. The van der Waals surface area contributed by atoms with Crippen LogP contribution in [0.1, 0.15) is 42.1 Å². The minimum Gasteiger partial charge on any atom is -0.357 e. The minimum atomic E-state index is -3.95. The first-order chi connectivity index (χ1) is 16.1. The van der Waals surface area contributed by atoms with Crippen molar-refractivity contribution in [1.29, 1.82) is 0 Å². The molecular weight excluding hydrogens is 501 g/mol. The van der Waals surface area contributed by atoms with E-state index >= 15 is 0 Å². The van der Waals surface area contributed by atoms with Gasteiger partial charge < -0.3 is 10.2 Å². The van der Waals surface area contributed by atoms with E-state index in [4.69, 9.17) is 23.2 Å². The van der Waals surface area contributed by atoms with E-state index < -0.39 is 22.0 Å². The van der Waals surface area contributed by atoms with E-state index in [9.17, 15) is 22.8 Å². The van der Waals surface area contributed by atoms with E-state index in [-0.39, 0.29) is 48.2 Å². The molecule has 34 heavy (non-hydrogen) atoms. The first-order valence-electron chi connectivity index (χ1n) is 10.7. The topological polar surface area (TPSA) is 104 Å². The SMILES string of the molecule is CC[C@H](C(=O)NC)N(Cc1ccc(Cl)cc1Cl)C(=O)CCCN1C(=O)c2ccccc2S1(=O)=O. The van der Waals surface area contributed by atoms with Gasteiger partial charge in [0.25, 0.3) is 15.9 Å². The van der Waals surface area contributed by atoms with Crippen LogP contribution < -0.4 is 5.32 Å². The van der Waals surface area contributed by atoms with Gasteiger partial charge in [-0.3, -0.25) is 14.4 Å². The average molecular weight is 526 g/mol. The van der Waals surface area contributed by atoms with Crippen molar-refractivity contribution in [3.8, 4) is 0 Å². The van der Waals surface area contributed by atoms with E-state index in [1.165, 1.54) is 24.1 Å². The minimum absolute atomic E-state index is 0.0315. The second-order valence-electron chi connectivity index (χ2n) is 7.78. The molecule has 0 saturated heterocycles. The van der Waals surface area contributed by atoms with Crippen molar-refractivity contribution in [2.24, 2.45) is 0 Å². The smallest absolute Gasteiger partial charge is 0.269 e. The Hall–Kier alpha value is -2.62. The number of sulfonamides is 1. The van der Waals surface area contributed by atoms with Crippen LogP contribution in [-0.2, 0) is 26.2 Å². The molecule has 8 nitrogen and oxygen atoms in total. The molecule has 1 N–H and O–H groups in total. The van der Waals surface area contributed by atoms with Gasteiger partial charge in [0.15, 0.2) is 0 Å². The molecular formula is C23H25Cl2N3O5S. The molecule has 0 radical (unpaired) electrons. The van der Waals surface area contributed by atoms with Crippen molar-refractivity contribution in [3.05, 3.63) is 63.6 Å². The lowest BCUT2D eigenvalue weighted by Gasteiger charge is -2.30. The predicted octanol–water partition coefficient (Wildman–Crippen LogP) is 3.47. The molecule has 182 valence electrons. The number of hydrogen-bond acceptors (Lipinski definition) is 5. The Labute approximate surface area is 208 Å². The summed E-state index contributed by atoms with van der Waals surface area (Å²) in [4.78, 5) is 39.6. The van der Waals surface area contributed by atoms with E-state index in [2.05, 4.69) is 5.32 Å². The van der Waals surface area contributed by atoms with Gasteiger partial charge in [0.2, 0.25) is 11.8 Å². The number of amides is 3. The molecule has 1 atom stereocenters. The van der Waals surface area contributed by atoms with Crippen molar-refractivity contribution in [1.82, 2.24) is 14.5 Å². The highest BCUT2D eigenvalue weighted by atomic mass is 35.5. The molecule has 1 aliphatic heterocycles. The molecule has 1 aliphatic rings. The lowest BCUT2D eigenvalue weighted by molar-refractivity contribution is -0.141. The average Bonchev–Trinajstić information content (AvgIpc) is 3.00. The number of likely N-dealkylation sites (N-methyl/N-ethyl adjacent to an activating group) is 1. The number of carbonyl (C=O) groups is 3. The summed E-state index contributed by atoms with van der Waals surface area (Å²) in [5.41, 5.74) is 0.744. The summed E-state index contributed by atoms with van der Waals surface area (Å²) in [6, 6.07) is 10.2. The fourth-order valence-electron chi connectivity index (χ4n) is 3.89. The zero-order valence-corrected chi connectivity index (χ0v) is 21.1. The monoisotopic (exact) mass is 525 g/mol. The van der Waals surface area contributed by atoms with Crippen LogP contribution in [-0.4, -0.2) is 55.0 Å². The summed E-state index contributed by atoms with van der Waals surface area (Å²) < 4.78 is 26.2. The van der Waals surface area contributed by atoms with Crippen LogP contribution in [0, 0.1) is 0 Å². The first kappa shape index (κ1) is 26.0. The lowest BCUT2D eigenvalue weighted by atomic mass is 10.1. The van der Waals surface area contributed by atoms with Gasteiger partial charge in [0.05, 0.1) is 5.56 Å². The second-order valence-corrected chi connectivity index (χ2v) is 10.5. The summed E-state index contributed by atoms with van der Waals surface area (Å²) in [6.07, 6.45) is 0.409. The molecule has 2 aromatic rings. The van der Waals surface area contributed by atoms with Crippen LogP contribution in [0.4, 0.5) is 0 Å². The molecule has 0 aromatic heterocycles. The predicted molar refractivity (Wildman–Crippen MR) is 129 cm³/mol. The third-order valence-corrected chi connectivity index (χ3v) is 8.08. The number of nitrogens with zero attached hydrogens (tertiary/aromatic N) is 2. The van der Waals surface area contributed by atoms with E-state index in [1.807, 2.05) is 0 Å². The Bertz CT molecular complexity index is 1220. The number of benzene rings is 2. The fourth-order valence-corrected chi connectivity index (χ4v) is 5.96. The highest BCUT2D eigenvalue weighted by Crippen LogP contribution is 2.30. The van der Waals surface area contributed by atoms with Gasteiger partial charge in [0, 0.05) is 36.6 Å². The molecule has 0 aliphatic carbocycles. The van der Waals surface area contributed by atoms with Gasteiger partial charge in [-0.15, -0.1) is 0 Å². The number of hydrogen-bond donors (Lipinski definition) is 1. The highest BCUT2D eigenvalue weighted by Gasteiger charge is 2.40. The maximum Gasteiger partial charge on any atom is 0.269 e. The van der Waals surface area contributed by atoms with Crippen LogP contribution in [0.2, 0.25) is 10.0 Å². The Morgan fingerprint density at radius 1 is 1.15 bits per heavy atom. The zero-order chi connectivity index (χ0) is 25.0. The Kier molecular flexibility index (Phi) is 8.22. The Balaban J connectivity index is 1.75. The molecule has 11 heteroatoms. The fraction of sp³-hybridized carbons (Fsp3) is 0.348. The quantitative estimate of drug-likeness (QED) is 0.539. The second kappa shape index (κ2) is 10.8. The maximum absolute atomic E-state index is 13.2. The van der Waals surface area contributed by atoms with Crippen LogP contribution in [0.15, 0.2) is 47.4 Å². The van der Waals surface area contributed by atoms with Crippen molar-refractivity contribution in [2.45, 2.75) is 43.7 Å². The highest BCUT2D eigenvalue weighted by molar-refractivity contribution is 7.90. The zero-order valence-electron chi connectivity index (χ0n) is 18.8. The van der Waals surface area contributed by atoms with Crippen molar-refractivity contribution >= 4 is 50.9 Å². The molecule has 0 unspecified atom stereocenters. The van der Waals surface area contributed by atoms with E-state index in [0.29, 0.717) is 22.0 Å². The number of carbonyl (C=O) groups excluding carboxylic acids is 3. The normalized spacial score (nSPS) is 15.1. The summed E-state index contributed by atoms with van der Waals surface area (Å²) in [5.74, 6) is -1.29. The van der Waals surface area contributed by atoms with Gasteiger partial charge in [-0.25, -0.2) is 12.7 Å². The van der Waals surface area contributed by atoms with Gasteiger partial charge in [0.1, 0.15) is 10.9 Å². The largest absolute Gasteiger partial charge is 0.357 e. The van der Waals surface area contributed by atoms with Gasteiger partial charge in [-0.1, -0.05) is 48.3 Å². The van der Waals surface area contributed by atoms with Gasteiger partial charge in [-0.05, 0) is 42.7 Å². The van der Waals surface area contributed by atoms with Crippen LogP contribution in [0.5, 0.6) is 0 Å². The van der Waals surface area contributed by atoms with Crippen LogP contribution in [0.3, 0.4) is 0 Å². The molecule has 0 saturated carbocycles. The molecule has 0 spiro atoms.